The molecule has 1 saturated heterocycles. The average molecular weight is 590 g/mol. The molecule has 8 nitrogen and oxygen atoms in total. The van der Waals surface area contributed by atoms with Crippen molar-refractivity contribution < 1.29 is 14.7 Å². The molecule has 4 aromatic rings. The zero-order valence-electron chi connectivity index (χ0n) is 25.4. The number of anilines is 1. The lowest BCUT2D eigenvalue weighted by Crippen LogP contribution is -2.38. The van der Waals surface area contributed by atoms with E-state index in [1.54, 1.807) is 17.8 Å². The highest BCUT2D eigenvalue weighted by Gasteiger charge is 2.31. The zero-order chi connectivity index (χ0) is 30.4. The Bertz CT molecular complexity index is 1730. The van der Waals surface area contributed by atoms with Gasteiger partial charge in [0, 0.05) is 37.0 Å². The van der Waals surface area contributed by atoms with Crippen LogP contribution in [0.5, 0.6) is 0 Å². The van der Waals surface area contributed by atoms with Crippen LogP contribution in [0.15, 0.2) is 60.9 Å². The largest absolute Gasteiger partial charge is 0.478 e. The highest BCUT2D eigenvalue weighted by molar-refractivity contribution is 5.89. The number of fused-ring (bicyclic) bond motifs is 1. The van der Waals surface area contributed by atoms with Gasteiger partial charge in [0.1, 0.15) is 5.56 Å². The summed E-state index contributed by atoms with van der Waals surface area (Å²) in [5.41, 5.74) is 9.05. The Morgan fingerprint density at radius 1 is 0.977 bits per heavy atom. The molecule has 0 radical (unpaired) electrons. The summed E-state index contributed by atoms with van der Waals surface area (Å²) >= 11 is 0. The molecule has 226 valence electrons. The molecule has 1 atom stereocenters. The first-order valence-electron chi connectivity index (χ1n) is 15.9. The van der Waals surface area contributed by atoms with Crippen LogP contribution < -0.4 is 5.32 Å². The SMILES string of the molecule is Cc1cc(C2CCN(C(=O)CC3CC3)CC2)ccc1NC1CCc2cccc(-c3cccnc3-n3ncc(C(=O)O)c3C)c21. The predicted octanol–water partition coefficient (Wildman–Crippen LogP) is 6.85. The fourth-order valence-electron chi connectivity index (χ4n) is 7.13. The van der Waals surface area contributed by atoms with Crippen LogP contribution in [0.3, 0.4) is 0 Å². The summed E-state index contributed by atoms with van der Waals surface area (Å²) < 4.78 is 1.63. The smallest absolute Gasteiger partial charge is 0.339 e. The van der Waals surface area contributed by atoms with Gasteiger partial charge in [0.25, 0.3) is 0 Å². The van der Waals surface area contributed by atoms with Gasteiger partial charge >= 0.3 is 5.97 Å². The van der Waals surface area contributed by atoms with Crippen molar-refractivity contribution >= 4 is 17.6 Å². The van der Waals surface area contributed by atoms with Gasteiger partial charge in [0.15, 0.2) is 5.82 Å². The Kier molecular flexibility index (Phi) is 7.44. The molecule has 1 saturated carbocycles. The summed E-state index contributed by atoms with van der Waals surface area (Å²) in [4.78, 5) is 31.0. The lowest BCUT2D eigenvalue weighted by atomic mass is 9.88. The molecule has 7 rings (SSSR count). The molecule has 3 aliphatic rings. The number of piperidine rings is 1. The Hall–Kier alpha value is -4.46. The maximum Gasteiger partial charge on any atom is 0.339 e. The zero-order valence-corrected chi connectivity index (χ0v) is 25.4. The van der Waals surface area contributed by atoms with Crippen molar-refractivity contribution in [3.8, 4) is 16.9 Å². The number of rotatable bonds is 8. The van der Waals surface area contributed by atoms with E-state index in [1.165, 1.54) is 41.3 Å². The number of carboxylic acid groups (broad SMARTS) is 1. The van der Waals surface area contributed by atoms with Gasteiger partial charge in [-0.15, -0.1) is 0 Å². The van der Waals surface area contributed by atoms with Gasteiger partial charge in [-0.1, -0.05) is 30.3 Å². The number of aromatic carboxylic acids is 1. The van der Waals surface area contributed by atoms with Crippen LogP contribution in [0.1, 0.15) is 88.8 Å². The average Bonchev–Trinajstić information content (AvgIpc) is 3.62. The number of nitrogens with one attached hydrogen (secondary N) is 1. The van der Waals surface area contributed by atoms with Crippen molar-refractivity contribution in [1.29, 1.82) is 0 Å². The normalized spacial score (nSPS) is 18.3. The number of amides is 1. The van der Waals surface area contributed by atoms with Crippen molar-refractivity contribution in [3.05, 3.63) is 94.4 Å². The van der Waals surface area contributed by atoms with E-state index < -0.39 is 5.97 Å². The number of carboxylic acids is 1. The van der Waals surface area contributed by atoms with Crippen LogP contribution >= 0.6 is 0 Å². The van der Waals surface area contributed by atoms with E-state index >= 15 is 0 Å². The first-order valence-corrected chi connectivity index (χ1v) is 15.9. The van der Waals surface area contributed by atoms with Gasteiger partial charge in [-0.05, 0) is 110 Å². The van der Waals surface area contributed by atoms with Gasteiger partial charge in [-0.2, -0.15) is 5.10 Å². The molecule has 8 heteroatoms. The number of pyridine rings is 1. The quantitative estimate of drug-likeness (QED) is 0.233. The molecule has 2 fully saturated rings. The highest BCUT2D eigenvalue weighted by atomic mass is 16.4. The van der Waals surface area contributed by atoms with E-state index in [0.717, 1.165) is 62.0 Å². The molecule has 0 bridgehead atoms. The number of hydrogen-bond acceptors (Lipinski definition) is 5. The van der Waals surface area contributed by atoms with Gasteiger partial charge in [0.05, 0.1) is 17.9 Å². The summed E-state index contributed by atoms with van der Waals surface area (Å²) in [5.74, 6) is 1.10. The number of hydrogen-bond donors (Lipinski definition) is 2. The summed E-state index contributed by atoms with van der Waals surface area (Å²) in [7, 11) is 0. The second-order valence-electron chi connectivity index (χ2n) is 12.7. The molecule has 2 aliphatic carbocycles. The molecule has 44 heavy (non-hydrogen) atoms. The maximum atomic E-state index is 12.6. The van der Waals surface area contributed by atoms with Gasteiger partial charge in [-0.25, -0.2) is 14.5 Å². The first-order chi connectivity index (χ1) is 21.4. The topological polar surface area (TPSA) is 100 Å². The van der Waals surface area contributed by atoms with Gasteiger partial charge in [0.2, 0.25) is 5.91 Å². The molecule has 2 aromatic heterocycles. The second kappa shape index (κ2) is 11.6. The Morgan fingerprint density at radius 3 is 2.50 bits per heavy atom. The number of benzene rings is 2. The minimum atomic E-state index is -0.998. The summed E-state index contributed by atoms with van der Waals surface area (Å²) in [6.07, 6.45) is 10.3. The molecule has 2 N–H and O–H groups in total. The highest BCUT2D eigenvalue weighted by Crippen LogP contribution is 2.43. The molecular formula is C36H39N5O3. The van der Waals surface area contributed by atoms with Crippen LogP contribution in [-0.2, 0) is 11.2 Å². The van der Waals surface area contributed by atoms with E-state index in [0.29, 0.717) is 29.3 Å². The van der Waals surface area contributed by atoms with E-state index in [-0.39, 0.29) is 11.6 Å². The monoisotopic (exact) mass is 589 g/mol. The number of aryl methyl sites for hydroxylation is 2. The standard InChI is InChI=1S/C36H39N5O3/c1-22-19-27(25-14-17-40(18-15-25)33(42)20-24-8-9-24)11-12-31(22)39-32-13-10-26-5-3-6-28(34(26)32)29-7-4-16-37-35(29)41-23(2)30(21-38-41)36(43)44/h3-7,11-12,16,19,21,24-25,32,39H,8-10,13-15,17-18,20H2,1-2H3,(H,43,44). The first kappa shape index (κ1) is 28.3. The maximum absolute atomic E-state index is 12.6. The summed E-state index contributed by atoms with van der Waals surface area (Å²) in [6.45, 7) is 5.67. The molecule has 1 aliphatic heterocycles. The van der Waals surface area contributed by atoms with E-state index in [9.17, 15) is 14.7 Å². The predicted molar refractivity (Wildman–Crippen MR) is 170 cm³/mol. The fraction of sp³-hybridized carbons (Fsp3) is 0.389. The Morgan fingerprint density at radius 2 is 1.77 bits per heavy atom. The van der Waals surface area contributed by atoms with Crippen molar-refractivity contribution in [1.82, 2.24) is 19.7 Å². The van der Waals surface area contributed by atoms with E-state index in [1.807, 2.05) is 12.1 Å². The number of aromatic nitrogens is 3. The molecule has 2 aromatic carbocycles. The molecule has 3 heterocycles. The molecule has 0 spiro atoms. The number of nitrogens with zero attached hydrogens (tertiary/aromatic N) is 4. The summed E-state index contributed by atoms with van der Waals surface area (Å²) in [5, 5.41) is 17.9. The third-order valence-electron chi connectivity index (χ3n) is 9.82. The molecular weight excluding hydrogens is 550 g/mol. The van der Waals surface area contributed by atoms with E-state index in [4.69, 9.17) is 0 Å². The summed E-state index contributed by atoms with van der Waals surface area (Å²) in [6, 6.07) is 17.3. The second-order valence-corrected chi connectivity index (χ2v) is 12.7. The number of likely N-dealkylation sites (tertiary alicyclic amines) is 1. The minimum absolute atomic E-state index is 0.132. The fourth-order valence-corrected chi connectivity index (χ4v) is 7.13. The van der Waals surface area contributed by atoms with Crippen LogP contribution in [0, 0.1) is 19.8 Å². The lowest BCUT2D eigenvalue weighted by molar-refractivity contribution is -0.132. The molecule has 1 amide bonds. The minimum Gasteiger partial charge on any atom is -0.478 e. The third-order valence-corrected chi connectivity index (χ3v) is 9.82. The van der Waals surface area contributed by atoms with Crippen molar-refractivity contribution in [2.24, 2.45) is 5.92 Å². The van der Waals surface area contributed by atoms with Crippen LogP contribution in [0.25, 0.3) is 16.9 Å². The van der Waals surface area contributed by atoms with Gasteiger partial charge in [-0.3, -0.25) is 4.79 Å². The molecule has 1 unspecified atom stereocenters. The Balaban J connectivity index is 1.11. The Labute approximate surface area is 258 Å². The van der Waals surface area contributed by atoms with Crippen molar-refractivity contribution in [2.75, 3.05) is 18.4 Å². The number of carbonyl (C=O) groups is 2. The third kappa shape index (κ3) is 5.38. The number of carbonyl (C=O) groups excluding carboxylic acids is 1. The van der Waals surface area contributed by atoms with Crippen molar-refractivity contribution in [3.63, 3.8) is 0 Å². The van der Waals surface area contributed by atoms with Crippen LogP contribution in [-0.4, -0.2) is 49.7 Å². The lowest BCUT2D eigenvalue weighted by Gasteiger charge is -2.32. The van der Waals surface area contributed by atoms with Crippen LogP contribution in [0.4, 0.5) is 5.69 Å². The van der Waals surface area contributed by atoms with E-state index in [2.05, 4.69) is 63.6 Å². The van der Waals surface area contributed by atoms with Crippen LogP contribution in [0.2, 0.25) is 0 Å². The van der Waals surface area contributed by atoms with Gasteiger partial charge < -0.3 is 15.3 Å². The van der Waals surface area contributed by atoms with Crippen molar-refractivity contribution in [2.45, 2.75) is 70.8 Å².